The minimum absolute atomic E-state index is 0.0999. The topological polar surface area (TPSA) is 34.1 Å². The van der Waals surface area contributed by atoms with Crippen molar-refractivity contribution >= 4 is 12.1 Å². The van der Waals surface area contributed by atoms with Gasteiger partial charge in [-0.3, -0.25) is 4.79 Å². The van der Waals surface area contributed by atoms with Crippen molar-refractivity contribution in [3.63, 3.8) is 0 Å². The molecule has 5 aliphatic carbocycles. The van der Waals surface area contributed by atoms with E-state index in [4.69, 9.17) is 0 Å². The Labute approximate surface area is 196 Å². The van der Waals surface area contributed by atoms with Crippen LogP contribution in [0.1, 0.15) is 106 Å². The molecule has 0 aliphatic heterocycles. The van der Waals surface area contributed by atoms with E-state index in [0.717, 1.165) is 32.1 Å². The summed E-state index contributed by atoms with van der Waals surface area (Å²) in [7, 11) is 0. The third-order valence-electron chi connectivity index (χ3n) is 13.1. The molecule has 0 saturated heterocycles. The number of carbonyl (C=O) groups excluding carboxylic acids is 2. The summed E-state index contributed by atoms with van der Waals surface area (Å²) in [6.07, 6.45) is 12.7. The summed E-state index contributed by atoms with van der Waals surface area (Å²) in [4.78, 5) is 25.4. The number of ketones is 1. The second-order valence-electron chi connectivity index (χ2n) is 14.2. The van der Waals surface area contributed by atoms with Gasteiger partial charge in [0.05, 0.1) is 0 Å². The summed E-state index contributed by atoms with van der Waals surface area (Å²) >= 11 is 0. The highest BCUT2D eigenvalue weighted by atomic mass is 16.1. The number of rotatable bonds is 2. The van der Waals surface area contributed by atoms with Gasteiger partial charge in [-0.05, 0) is 111 Å². The van der Waals surface area contributed by atoms with Gasteiger partial charge in [0.1, 0.15) is 12.1 Å². The van der Waals surface area contributed by atoms with Crippen LogP contribution in [-0.4, -0.2) is 12.1 Å². The van der Waals surface area contributed by atoms with Crippen LogP contribution >= 0.6 is 0 Å². The van der Waals surface area contributed by atoms with Crippen LogP contribution in [0.15, 0.2) is 12.2 Å². The summed E-state index contributed by atoms with van der Waals surface area (Å²) in [6, 6.07) is 0. The van der Waals surface area contributed by atoms with Crippen LogP contribution in [-0.2, 0) is 9.59 Å². The van der Waals surface area contributed by atoms with Crippen LogP contribution in [0, 0.1) is 56.7 Å². The smallest absolute Gasteiger partial charge is 0.138 e. The van der Waals surface area contributed by atoms with E-state index in [1.54, 1.807) is 0 Å². The molecule has 32 heavy (non-hydrogen) atoms. The molecular weight excluding hydrogens is 392 g/mol. The number of allylic oxidation sites excluding steroid dienone is 1. The monoisotopic (exact) mass is 438 g/mol. The third-order valence-corrected chi connectivity index (χ3v) is 13.1. The Kier molecular flexibility index (Phi) is 4.87. The Balaban J connectivity index is 1.56. The second-order valence-corrected chi connectivity index (χ2v) is 14.2. The maximum atomic E-state index is 12.9. The molecule has 0 radical (unpaired) electrons. The SMILES string of the molecule is C=C(C)[C@@H]1CCC2(C=O)CC[C@]3(C)[C@H](CC[C@@H]4[C@@]5(C)CCC(=O)C(C)(C)[C@@H]5CC[C@]43C)[C@@H]12. The summed E-state index contributed by atoms with van der Waals surface area (Å²) in [5.74, 6) is 3.34. The van der Waals surface area contributed by atoms with Crippen molar-refractivity contribution in [1.82, 2.24) is 0 Å². The van der Waals surface area contributed by atoms with Crippen molar-refractivity contribution < 1.29 is 9.59 Å². The van der Waals surface area contributed by atoms with E-state index in [2.05, 4.69) is 48.1 Å². The molecule has 0 amide bonds. The molecule has 0 N–H and O–H groups in total. The van der Waals surface area contributed by atoms with Gasteiger partial charge >= 0.3 is 0 Å². The van der Waals surface area contributed by atoms with Gasteiger partial charge in [-0.15, -0.1) is 0 Å². The highest BCUT2D eigenvalue weighted by Gasteiger charge is 2.70. The van der Waals surface area contributed by atoms with Gasteiger partial charge in [-0.2, -0.15) is 0 Å². The zero-order valence-corrected chi connectivity index (χ0v) is 21.6. The zero-order valence-electron chi connectivity index (χ0n) is 21.6. The molecular formula is C30H46O2. The first-order valence-electron chi connectivity index (χ1n) is 13.5. The lowest BCUT2D eigenvalue weighted by molar-refractivity contribution is -0.231. The first kappa shape index (κ1) is 22.9. The summed E-state index contributed by atoms with van der Waals surface area (Å²) in [5, 5.41) is 0. The lowest BCUT2D eigenvalue weighted by atomic mass is 9.32. The Morgan fingerprint density at radius 2 is 1.59 bits per heavy atom. The number of Topliss-reactive ketones (excluding diaryl/α,β-unsaturated/α-hetero) is 1. The maximum absolute atomic E-state index is 12.9. The van der Waals surface area contributed by atoms with Crippen LogP contribution in [0.5, 0.6) is 0 Å². The van der Waals surface area contributed by atoms with E-state index in [1.807, 2.05) is 0 Å². The molecule has 5 saturated carbocycles. The molecule has 1 unspecified atom stereocenters. The average molecular weight is 439 g/mol. The van der Waals surface area contributed by atoms with Gasteiger partial charge in [0.2, 0.25) is 0 Å². The van der Waals surface area contributed by atoms with Crippen LogP contribution in [0.4, 0.5) is 0 Å². The molecule has 9 atom stereocenters. The fourth-order valence-electron chi connectivity index (χ4n) is 11.2. The molecule has 2 heteroatoms. The van der Waals surface area contributed by atoms with Crippen molar-refractivity contribution in [2.24, 2.45) is 56.7 Å². The second kappa shape index (κ2) is 6.82. The predicted molar refractivity (Wildman–Crippen MR) is 130 cm³/mol. The molecule has 0 aromatic rings. The molecule has 0 aromatic carbocycles. The van der Waals surface area contributed by atoms with Crippen molar-refractivity contribution in [2.75, 3.05) is 0 Å². The minimum Gasteiger partial charge on any atom is -0.303 e. The number of aldehydes is 1. The summed E-state index contributed by atoms with van der Waals surface area (Å²) in [6.45, 7) is 18.9. The van der Waals surface area contributed by atoms with E-state index in [9.17, 15) is 9.59 Å². The van der Waals surface area contributed by atoms with Gasteiger partial charge in [-0.1, -0.05) is 46.8 Å². The van der Waals surface area contributed by atoms with E-state index in [-0.39, 0.29) is 21.7 Å². The zero-order chi connectivity index (χ0) is 23.3. The first-order valence-corrected chi connectivity index (χ1v) is 13.5. The van der Waals surface area contributed by atoms with Gasteiger partial charge in [0.15, 0.2) is 0 Å². The molecule has 0 heterocycles. The highest BCUT2D eigenvalue weighted by Crippen LogP contribution is 2.77. The van der Waals surface area contributed by atoms with Crippen LogP contribution < -0.4 is 0 Å². The van der Waals surface area contributed by atoms with Crippen LogP contribution in [0.25, 0.3) is 0 Å². The summed E-state index contributed by atoms with van der Waals surface area (Å²) < 4.78 is 0. The quantitative estimate of drug-likeness (QED) is 0.332. The minimum atomic E-state index is -0.179. The molecule has 0 bridgehead atoms. The van der Waals surface area contributed by atoms with E-state index in [1.165, 1.54) is 44.0 Å². The Bertz CT molecular complexity index is 855. The average Bonchev–Trinajstić information content (AvgIpc) is 3.12. The van der Waals surface area contributed by atoms with Crippen LogP contribution in [0.3, 0.4) is 0 Å². The fraction of sp³-hybridized carbons (Fsp3) is 0.867. The van der Waals surface area contributed by atoms with Crippen LogP contribution in [0.2, 0.25) is 0 Å². The molecule has 5 aliphatic rings. The molecule has 0 aromatic heterocycles. The lowest BCUT2D eigenvalue weighted by Gasteiger charge is -2.72. The van der Waals surface area contributed by atoms with Gasteiger partial charge in [-0.25, -0.2) is 0 Å². The van der Waals surface area contributed by atoms with Crippen molar-refractivity contribution in [1.29, 1.82) is 0 Å². The Morgan fingerprint density at radius 1 is 0.875 bits per heavy atom. The number of carbonyl (C=O) groups is 2. The Morgan fingerprint density at radius 3 is 2.25 bits per heavy atom. The Hall–Kier alpha value is -0.920. The summed E-state index contributed by atoms with van der Waals surface area (Å²) in [5.41, 5.74) is 1.87. The number of hydrogen-bond donors (Lipinski definition) is 0. The standard InChI is InChI=1S/C30H46O2/c1-19(2)20-10-15-30(18-31)17-16-28(6)21(25(20)30)8-9-23-27(5)13-12-24(32)26(3,4)22(27)11-14-29(23,28)7/h18,20-23,25H,1,8-17H2,2-7H3/t20-,21+,22-,23+,25+,27-,28+,29+,30?/m0/s1. The molecule has 178 valence electrons. The van der Waals surface area contributed by atoms with E-state index >= 15 is 0 Å². The normalized spacial score (nSPS) is 54.1. The molecule has 5 rings (SSSR count). The third kappa shape index (κ3) is 2.54. The van der Waals surface area contributed by atoms with Gasteiger partial charge in [0.25, 0.3) is 0 Å². The molecule has 2 nitrogen and oxygen atoms in total. The van der Waals surface area contributed by atoms with Crippen molar-refractivity contribution in [3.05, 3.63) is 12.2 Å². The molecule has 5 fully saturated rings. The van der Waals surface area contributed by atoms with Crippen molar-refractivity contribution in [2.45, 2.75) is 106 Å². The van der Waals surface area contributed by atoms with E-state index in [0.29, 0.717) is 40.8 Å². The highest BCUT2D eigenvalue weighted by molar-refractivity contribution is 5.85. The van der Waals surface area contributed by atoms with Gasteiger partial charge < -0.3 is 4.79 Å². The fourth-order valence-corrected chi connectivity index (χ4v) is 11.2. The predicted octanol–water partition coefficient (Wildman–Crippen LogP) is 7.41. The maximum Gasteiger partial charge on any atom is 0.138 e. The van der Waals surface area contributed by atoms with Crippen molar-refractivity contribution in [3.8, 4) is 0 Å². The molecule has 0 spiro atoms. The van der Waals surface area contributed by atoms with E-state index < -0.39 is 0 Å². The lowest BCUT2D eigenvalue weighted by Crippen LogP contribution is -2.66. The first-order chi connectivity index (χ1) is 14.9. The van der Waals surface area contributed by atoms with Gasteiger partial charge in [0, 0.05) is 17.3 Å². The largest absolute Gasteiger partial charge is 0.303 e. The number of hydrogen-bond acceptors (Lipinski definition) is 2. The number of fused-ring (bicyclic) bond motifs is 7.